The number of rotatable bonds is 4. The van der Waals surface area contributed by atoms with Crippen LogP contribution in [0.25, 0.3) is 0 Å². The Hall–Kier alpha value is -3.31. The third-order valence-corrected chi connectivity index (χ3v) is 4.88. The Morgan fingerprint density at radius 2 is 1.81 bits per heavy atom. The average molecular weight is 344 g/mol. The standard InChI is InChI=1S/C21H20N4O/c1-15(18-5-2-4-17(12-18)14-23)25(20-6-3-7-20)21(26)24-19-10-8-16(13-22)9-11-19/h2,4-5,8-12,15,20H,3,6-7H2,1H3,(H,24,26). The summed E-state index contributed by atoms with van der Waals surface area (Å²) in [5.41, 5.74) is 2.76. The molecule has 0 spiro atoms. The summed E-state index contributed by atoms with van der Waals surface area (Å²) in [7, 11) is 0. The van der Waals surface area contributed by atoms with E-state index in [0.717, 1.165) is 24.8 Å². The number of carbonyl (C=O) groups is 1. The lowest BCUT2D eigenvalue weighted by atomic mass is 9.89. The predicted octanol–water partition coefficient (Wildman–Crippen LogP) is 4.58. The third kappa shape index (κ3) is 3.68. The molecule has 1 aliphatic rings. The first-order valence-electron chi connectivity index (χ1n) is 8.72. The van der Waals surface area contributed by atoms with Gasteiger partial charge in [0, 0.05) is 11.7 Å². The van der Waals surface area contributed by atoms with Gasteiger partial charge in [-0.05, 0) is 68.1 Å². The number of carbonyl (C=O) groups excluding carboxylic acids is 1. The Morgan fingerprint density at radius 3 is 2.38 bits per heavy atom. The van der Waals surface area contributed by atoms with Crippen LogP contribution in [0.4, 0.5) is 10.5 Å². The van der Waals surface area contributed by atoms with E-state index in [0.29, 0.717) is 16.8 Å². The van der Waals surface area contributed by atoms with Crippen molar-refractivity contribution in [2.75, 3.05) is 5.32 Å². The molecule has 0 heterocycles. The summed E-state index contributed by atoms with van der Waals surface area (Å²) in [6, 6.07) is 18.4. The molecule has 2 aromatic rings. The summed E-state index contributed by atoms with van der Waals surface area (Å²) in [6.07, 6.45) is 3.10. The van der Waals surface area contributed by atoms with E-state index in [2.05, 4.69) is 17.5 Å². The van der Waals surface area contributed by atoms with Crippen LogP contribution in [0.5, 0.6) is 0 Å². The molecule has 1 saturated carbocycles. The first-order valence-corrected chi connectivity index (χ1v) is 8.72. The Labute approximate surface area is 153 Å². The molecule has 130 valence electrons. The Bertz CT molecular complexity index is 872. The van der Waals surface area contributed by atoms with E-state index < -0.39 is 0 Å². The maximum Gasteiger partial charge on any atom is 0.322 e. The molecular weight excluding hydrogens is 324 g/mol. The van der Waals surface area contributed by atoms with Crippen LogP contribution in [-0.2, 0) is 0 Å². The third-order valence-electron chi connectivity index (χ3n) is 4.88. The van der Waals surface area contributed by atoms with Gasteiger partial charge in [0.15, 0.2) is 0 Å². The second-order valence-electron chi connectivity index (χ2n) is 6.52. The van der Waals surface area contributed by atoms with Crippen LogP contribution in [0, 0.1) is 22.7 Å². The van der Waals surface area contributed by atoms with Gasteiger partial charge in [-0.25, -0.2) is 4.79 Å². The van der Waals surface area contributed by atoms with Crippen molar-refractivity contribution in [2.45, 2.75) is 38.3 Å². The molecular formula is C21H20N4O. The fraction of sp³-hybridized carbons (Fsp3) is 0.286. The number of nitriles is 2. The maximum atomic E-state index is 13.0. The summed E-state index contributed by atoms with van der Waals surface area (Å²) < 4.78 is 0. The van der Waals surface area contributed by atoms with Gasteiger partial charge in [-0.2, -0.15) is 10.5 Å². The second-order valence-corrected chi connectivity index (χ2v) is 6.52. The molecule has 0 aromatic heterocycles. The second kappa shape index (κ2) is 7.72. The minimum Gasteiger partial charge on any atom is -0.315 e. The molecule has 2 aromatic carbocycles. The van der Waals surface area contributed by atoms with Crippen molar-refractivity contribution < 1.29 is 4.79 Å². The van der Waals surface area contributed by atoms with E-state index >= 15 is 0 Å². The van der Waals surface area contributed by atoms with Gasteiger partial charge in [0.05, 0.1) is 29.3 Å². The van der Waals surface area contributed by atoms with Gasteiger partial charge < -0.3 is 10.2 Å². The van der Waals surface area contributed by atoms with Gasteiger partial charge >= 0.3 is 6.03 Å². The molecule has 1 fully saturated rings. The zero-order valence-corrected chi connectivity index (χ0v) is 14.6. The molecule has 2 amide bonds. The molecule has 3 rings (SSSR count). The lowest BCUT2D eigenvalue weighted by Crippen LogP contribution is -2.47. The highest BCUT2D eigenvalue weighted by Gasteiger charge is 2.33. The summed E-state index contributed by atoms with van der Waals surface area (Å²) in [5, 5.41) is 20.9. The average Bonchev–Trinajstić information content (AvgIpc) is 2.64. The van der Waals surface area contributed by atoms with Crippen molar-refractivity contribution in [3.8, 4) is 12.1 Å². The highest BCUT2D eigenvalue weighted by molar-refractivity contribution is 5.90. The lowest BCUT2D eigenvalue weighted by molar-refractivity contribution is 0.120. The van der Waals surface area contributed by atoms with E-state index in [9.17, 15) is 4.79 Å². The Kier molecular flexibility index (Phi) is 5.20. The van der Waals surface area contributed by atoms with Crippen molar-refractivity contribution in [2.24, 2.45) is 0 Å². The monoisotopic (exact) mass is 344 g/mol. The topological polar surface area (TPSA) is 79.9 Å². The number of nitrogens with one attached hydrogen (secondary N) is 1. The molecule has 26 heavy (non-hydrogen) atoms. The molecule has 1 aliphatic carbocycles. The molecule has 0 aliphatic heterocycles. The number of hydrogen-bond acceptors (Lipinski definition) is 3. The minimum absolute atomic E-state index is 0.132. The van der Waals surface area contributed by atoms with Gasteiger partial charge in [0.2, 0.25) is 0 Å². The SMILES string of the molecule is CC(c1cccc(C#N)c1)N(C(=O)Nc1ccc(C#N)cc1)C1CCC1. The normalized spacial score (nSPS) is 14.4. The van der Waals surface area contributed by atoms with Gasteiger partial charge in [-0.3, -0.25) is 0 Å². The number of hydrogen-bond donors (Lipinski definition) is 1. The van der Waals surface area contributed by atoms with Crippen molar-refractivity contribution in [3.63, 3.8) is 0 Å². The fourth-order valence-corrected chi connectivity index (χ4v) is 3.17. The lowest BCUT2D eigenvalue weighted by Gasteiger charge is -2.41. The molecule has 0 saturated heterocycles. The van der Waals surface area contributed by atoms with Gasteiger partial charge in [-0.1, -0.05) is 12.1 Å². The van der Waals surface area contributed by atoms with Crippen LogP contribution in [0.15, 0.2) is 48.5 Å². The van der Waals surface area contributed by atoms with Crippen LogP contribution in [0.1, 0.15) is 48.9 Å². The summed E-state index contributed by atoms with van der Waals surface area (Å²) in [6.45, 7) is 1.99. The van der Waals surface area contributed by atoms with Gasteiger partial charge in [-0.15, -0.1) is 0 Å². The summed E-state index contributed by atoms with van der Waals surface area (Å²) in [4.78, 5) is 14.8. The Morgan fingerprint density at radius 1 is 1.12 bits per heavy atom. The van der Waals surface area contributed by atoms with Gasteiger partial charge in [0.1, 0.15) is 0 Å². The highest BCUT2D eigenvalue weighted by atomic mass is 16.2. The smallest absolute Gasteiger partial charge is 0.315 e. The number of benzene rings is 2. The fourth-order valence-electron chi connectivity index (χ4n) is 3.17. The van der Waals surface area contributed by atoms with Crippen molar-refractivity contribution >= 4 is 11.7 Å². The zero-order valence-electron chi connectivity index (χ0n) is 14.6. The minimum atomic E-state index is -0.158. The molecule has 5 nitrogen and oxygen atoms in total. The predicted molar refractivity (Wildman–Crippen MR) is 99.2 cm³/mol. The van der Waals surface area contributed by atoms with Crippen LogP contribution in [-0.4, -0.2) is 17.0 Å². The van der Waals surface area contributed by atoms with Gasteiger partial charge in [0.25, 0.3) is 0 Å². The van der Waals surface area contributed by atoms with Crippen molar-refractivity contribution in [3.05, 3.63) is 65.2 Å². The van der Waals surface area contributed by atoms with Crippen LogP contribution in [0.3, 0.4) is 0 Å². The van der Waals surface area contributed by atoms with Crippen LogP contribution in [0.2, 0.25) is 0 Å². The van der Waals surface area contributed by atoms with Crippen LogP contribution < -0.4 is 5.32 Å². The molecule has 1 atom stereocenters. The van der Waals surface area contributed by atoms with E-state index in [4.69, 9.17) is 10.5 Å². The number of anilines is 1. The largest absolute Gasteiger partial charge is 0.322 e. The molecule has 0 bridgehead atoms. The first-order chi connectivity index (χ1) is 12.6. The first kappa shape index (κ1) is 17.5. The molecule has 1 N–H and O–H groups in total. The number of amides is 2. The quantitative estimate of drug-likeness (QED) is 0.881. The maximum absolute atomic E-state index is 13.0. The van der Waals surface area contributed by atoms with Crippen molar-refractivity contribution in [1.29, 1.82) is 10.5 Å². The van der Waals surface area contributed by atoms with Crippen molar-refractivity contribution in [1.82, 2.24) is 4.90 Å². The molecule has 0 radical (unpaired) electrons. The van der Waals surface area contributed by atoms with E-state index in [-0.39, 0.29) is 18.1 Å². The van der Waals surface area contributed by atoms with E-state index in [1.807, 2.05) is 30.0 Å². The van der Waals surface area contributed by atoms with Crippen LogP contribution >= 0.6 is 0 Å². The number of urea groups is 1. The summed E-state index contributed by atoms with van der Waals surface area (Å²) in [5.74, 6) is 0. The number of nitrogens with zero attached hydrogens (tertiary/aromatic N) is 3. The van der Waals surface area contributed by atoms with E-state index in [1.54, 1.807) is 30.3 Å². The summed E-state index contributed by atoms with van der Waals surface area (Å²) >= 11 is 0. The zero-order chi connectivity index (χ0) is 18.5. The Balaban J connectivity index is 1.81. The molecule has 5 heteroatoms. The highest BCUT2D eigenvalue weighted by Crippen LogP contribution is 2.33. The molecule has 1 unspecified atom stereocenters. The van der Waals surface area contributed by atoms with E-state index in [1.165, 1.54) is 0 Å².